The molecule has 0 spiro atoms. The van der Waals surface area contributed by atoms with E-state index in [9.17, 15) is 5.11 Å². The van der Waals surface area contributed by atoms with Crippen molar-refractivity contribution in [3.05, 3.63) is 78.1 Å². The van der Waals surface area contributed by atoms with Gasteiger partial charge in [-0.1, -0.05) is 54.6 Å². The molecule has 0 atom stereocenters. The Morgan fingerprint density at radius 1 is 0.895 bits per heavy atom. The summed E-state index contributed by atoms with van der Waals surface area (Å²) in [5, 5.41) is 19.6. The summed E-state index contributed by atoms with van der Waals surface area (Å²) in [7, 11) is 4.02. The highest BCUT2D eigenvalue weighted by atomic mass is 16.3. The highest BCUT2D eigenvalue weighted by Gasteiger charge is 2.58. The predicted octanol–water partition coefficient (Wildman–Crippen LogP) is 4.16. The molecule has 5 aromatic rings. The zero-order valence-corrected chi connectivity index (χ0v) is 21.7. The minimum atomic E-state index is -0.587. The van der Waals surface area contributed by atoms with Crippen LogP contribution in [0.25, 0.3) is 39.3 Å². The number of pyridine rings is 1. The van der Waals surface area contributed by atoms with Gasteiger partial charge in [-0.2, -0.15) is 0 Å². The molecule has 3 aromatic heterocycles. The molecule has 7 rings (SSSR count). The van der Waals surface area contributed by atoms with Crippen molar-refractivity contribution >= 4 is 16.8 Å². The first kappa shape index (κ1) is 23.4. The van der Waals surface area contributed by atoms with E-state index in [0.29, 0.717) is 25.3 Å². The lowest BCUT2D eigenvalue weighted by molar-refractivity contribution is -0.106. The number of hydrogen-bond donors (Lipinski definition) is 2. The minimum absolute atomic E-state index is 0.426. The Bertz CT molecular complexity index is 1650. The van der Waals surface area contributed by atoms with Crippen molar-refractivity contribution in [3.63, 3.8) is 0 Å². The van der Waals surface area contributed by atoms with Gasteiger partial charge in [0.1, 0.15) is 5.52 Å². The van der Waals surface area contributed by atoms with E-state index < -0.39 is 11.1 Å². The maximum absolute atomic E-state index is 10.9. The van der Waals surface area contributed by atoms with Crippen molar-refractivity contribution in [1.29, 1.82) is 0 Å². The maximum Gasteiger partial charge on any atom is 0.166 e. The Balaban J connectivity index is 1.34. The Kier molecular flexibility index (Phi) is 5.17. The molecule has 0 saturated heterocycles. The van der Waals surface area contributed by atoms with Crippen molar-refractivity contribution in [2.24, 2.45) is 11.7 Å². The topological polar surface area (TPSA) is 105 Å². The van der Waals surface area contributed by atoms with Gasteiger partial charge in [0, 0.05) is 16.7 Å². The van der Waals surface area contributed by atoms with Crippen molar-refractivity contribution in [1.82, 2.24) is 29.5 Å². The number of nitrogens with zero attached hydrogens (tertiary/aromatic N) is 6. The summed E-state index contributed by atoms with van der Waals surface area (Å²) in [5.74, 6) is 1.25. The minimum Gasteiger partial charge on any atom is -0.389 e. The molecule has 2 aromatic carbocycles. The van der Waals surface area contributed by atoms with Crippen LogP contribution in [-0.4, -0.2) is 54.3 Å². The summed E-state index contributed by atoms with van der Waals surface area (Å²) in [5.41, 5.74) is 12.6. The van der Waals surface area contributed by atoms with Crippen LogP contribution in [0.5, 0.6) is 0 Å². The summed E-state index contributed by atoms with van der Waals surface area (Å²) >= 11 is 0. The van der Waals surface area contributed by atoms with Gasteiger partial charge in [0.2, 0.25) is 0 Å². The number of rotatable bonds is 6. The van der Waals surface area contributed by atoms with Gasteiger partial charge in [-0.05, 0) is 63.4 Å². The van der Waals surface area contributed by atoms with E-state index >= 15 is 0 Å². The lowest BCUT2D eigenvalue weighted by atomic mass is 9.60. The van der Waals surface area contributed by atoms with Crippen LogP contribution < -0.4 is 5.73 Å². The van der Waals surface area contributed by atoms with Crippen LogP contribution >= 0.6 is 0 Å². The molecule has 2 saturated carbocycles. The Hall–Kier alpha value is -3.72. The standard InChI is InChI=1S/C30H31N7O/c1-36(2)16-25-35-34-24-15-14-23-28(37(24)25)33-27(19-6-4-3-5-7-19)26(32-23)20-8-10-21(11-9-20)29(31)17-30(38,18-29)22-12-13-22/h3-11,14-15,22,38H,12-13,16-18,31H2,1-2H3. The zero-order chi connectivity index (χ0) is 26.1. The van der Waals surface area contributed by atoms with Crippen LogP contribution in [0.15, 0.2) is 66.7 Å². The SMILES string of the molecule is CN(C)Cc1nnc2ccc3nc(-c4ccc(C5(N)CC(O)(C6CC6)C5)cc4)c(-c4ccccc4)nc3n12. The fourth-order valence-corrected chi connectivity index (χ4v) is 6.04. The van der Waals surface area contributed by atoms with Gasteiger partial charge in [-0.15, -0.1) is 10.2 Å². The highest BCUT2D eigenvalue weighted by Crippen LogP contribution is 2.57. The van der Waals surface area contributed by atoms with E-state index in [1.807, 2.05) is 48.8 Å². The van der Waals surface area contributed by atoms with Gasteiger partial charge >= 0.3 is 0 Å². The number of aromatic nitrogens is 5. The van der Waals surface area contributed by atoms with E-state index in [-0.39, 0.29) is 0 Å². The van der Waals surface area contributed by atoms with Crippen LogP contribution in [0, 0.1) is 5.92 Å². The Morgan fingerprint density at radius 2 is 1.58 bits per heavy atom. The van der Waals surface area contributed by atoms with Crippen molar-refractivity contribution in [2.75, 3.05) is 14.1 Å². The number of benzene rings is 2. The molecule has 2 aliphatic carbocycles. The van der Waals surface area contributed by atoms with Gasteiger partial charge in [0.05, 0.1) is 23.5 Å². The summed E-state index contributed by atoms with van der Waals surface area (Å²) in [6.45, 7) is 0.641. The molecule has 0 radical (unpaired) electrons. The molecule has 2 aliphatic rings. The van der Waals surface area contributed by atoms with E-state index in [2.05, 4.69) is 51.5 Å². The Labute approximate surface area is 221 Å². The first-order chi connectivity index (χ1) is 18.3. The lowest BCUT2D eigenvalue weighted by Gasteiger charge is -2.52. The van der Waals surface area contributed by atoms with E-state index in [1.165, 1.54) is 0 Å². The van der Waals surface area contributed by atoms with Crippen LogP contribution in [-0.2, 0) is 12.1 Å². The fraction of sp³-hybridized carbons (Fsp3) is 0.333. The zero-order valence-electron chi connectivity index (χ0n) is 21.7. The fourth-order valence-electron chi connectivity index (χ4n) is 6.04. The summed E-state index contributed by atoms with van der Waals surface area (Å²) in [4.78, 5) is 12.4. The third kappa shape index (κ3) is 3.79. The van der Waals surface area contributed by atoms with Gasteiger partial charge in [0.15, 0.2) is 17.1 Å². The molecular formula is C30H31N7O. The smallest absolute Gasteiger partial charge is 0.166 e. The van der Waals surface area contributed by atoms with Crippen LogP contribution in [0.3, 0.4) is 0 Å². The molecule has 0 aliphatic heterocycles. The van der Waals surface area contributed by atoms with E-state index in [4.69, 9.17) is 15.7 Å². The second kappa shape index (κ2) is 8.39. The summed E-state index contributed by atoms with van der Waals surface area (Å²) in [6, 6.07) is 22.4. The average Bonchev–Trinajstić information content (AvgIpc) is 3.69. The van der Waals surface area contributed by atoms with Crippen LogP contribution in [0.1, 0.15) is 37.1 Å². The van der Waals surface area contributed by atoms with E-state index in [1.54, 1.807) is 0 Å². The molecule has 0 amide bonds. The molecule has 192 valence electrons. The molecule has 8 nitrogen and oxygen atoms in total. The number of nitrogens with two attached hydrogens (primary N) is 1. The molecule has 0 bridgehead atoms. The maximum atomic E-state index is 10.9. The molecule has 38 heavy (non-hydrogen) atoms. The molecule has 8 heteroatoms. The molecule has 0 unspecified atom stereocenters. The predicted molar refractivity (Wildman–Crippen MR) is 147 cm³/mol. The monoisotopic (exact) mass is 505 g/mol. The van der Waals surface area contributed by atoms with Gasteiger partial charge in [-0.3, -0.25) is 4.40 Å². The van der Waals surface area contributed by atoms with Crippen LogP contribution in [0.4, 0.5) is 0 Å². The second-order valence-electron chi connectivity index (χ2n) is 11.3. The normalized spacial score (nSPS) is 23.3. The third-order valence-electron chi connectivity index (χ3n) is 8.08. The Morgan fingerprint density at radius 3 is 2.26 bits per heavy atom. The van der Waals surface area contributed by atoms with Gasteiger partial charge < -0.3 is 15.7 Å². The molecular weight excluding hydrogens is 474 g/mol. The van der Waals surface area contributed by atoms with Crippen molar-refractivity contribution < 1.29 is 5.11 Å². The highest BCUT2D eigenvalue weighted by molar-refractivity contribution is 5.86. The third-order valence-corrected chi connectivity index (χ3v) is 8.08. The van der Waals surface area contributed by atoms with Gasteiger partial charge in [-0.25, -0.2) is 9.97 Å². The lowest BCUT2D eigenvalue weighted by Crippen LogP contribution is -2.60. The second-order valence-corrected chi connectivity index (χ2v) is 11.3. The van der Waals surface area contributed by atoms with Crippen LogP contribution in [0.2, 0.25) is 0 Å². The first-order valence-corrected chi connectivity index (χ1v) is 13.2. The largest absolute Gasteiger partial charge is 0.389 e. The average molecular weight is 506 g/mol. The van der Waals surface area contributed by atoms with E-state index in [0.717, 1.165) is 63.6 Å². The molecule has 3 heterocycles. The van der Waals surface area contributed by atoms with Gasteiger partial charge in [0.25, 0.3) is 0 Å². The molecule has 2 fully saturated rings. The number of hydrogen-bond acceptors (Lipinski definition) is 7. The summed E-state index contributed by atoms with van der Waals surface area (Å²) < 4.78 is 2.00. The quantitative estimate of drug-likeness (QED) is 0.357. The molecule has 3 N–H and O–H groups in total. The summed E-state index contributed by atoms with van der Waals surface area (Å²) in [6.07, 6.45) is 3.48. The first-order valence-electron chi connectivity index (χ1n) is 13.2. The number of fused-ring (bicyclic) bond motifs is 3. The number of aliphatic hydroxyl groups is 1. The van der Waals surface area contributed by atoms with Crippen molar-refractivity contribution in [3.8, 4) is 22.5 Å². The van der Waals surface area contributed by atoms with Crippen molar-refractivity contribution in [2.45, 2.75) is 43.4 Å².